The third kappa shape index (κ3) is 4.79. The SMILES string of the molecule is CCC(C/C(N)=N/O)N(C)Cc1cccc(OC)c1. The largest absolute Gasteiger partial charge is 0.497 e. The van der Waals surface area contributed by atoms with E-state index in [4.69, 9.17) is 15.7 Å². The molecule has 3 N–H and O–H groups in total. The average Bonchev–Trinajstić information content (AvgIpc) is 2.44. The van der Waals surface area contributed by atoms with Crippen LogP contribution in [0.25, 0.3) is 0 Å². The molecule has 1 rings (SSSR count). The van der Waals surface area contributed by atoms with Crippen molar-refractivity contribution >= 4 is 5.84 Å². The molecule has 0 heterocycles. The van der Waals surface area contributed by atoms with E-state index < -0.39 is 0 Å². The molecule has 19 heavy (non-hydrogen) atoms. The topological polar surface area (TPSA) is 71.1 Å². The zero-order valence-electron chi connectivity index (χ0n) is 11.8. The summed E-state index contributed by atoms with van der Waals surface area (Å²) in [6.45, 7) is 2.89. The quantitative estimate of drug-likeness (QED) is 0.342. The first-order valence-electron chi connectivity index (χ1n) is 6.40. The molecular formula is C14H23N3O2. The summed E-state index contributed by atoms with van der Waals surface area (Å²) in [5.41, 5.74) is 6.76. The molecule has 0 aliphatic heterocycles. The number of nitrogens with two attached hydrogens (primary N) is 1. The molecule has 1 aromatic rings. The van der Waals surface area contributed by atoms with Crippen LogP contribution in [0, 0.1) is 0 Å². The molecule has 0 bridgehead atoms. The van der Waals surface area contributed by atoms with E-state index in [9.17, 15) is 0 Å². The van der Waals surface area contributed by atoms with Gasteiger partial charge in [0.2, 0.25) is 0 Å². The van der Waals surface area contributed by atoms with Gasteiger partial charge >= 0.3 is 0 Å². The molecule has 5 nitrogen and oxygen atoms in total. The maximum atomic E-state index is 8.65. The zero-order chi connectivity index (χ0) is 14.3. The fourth-order valence-electron chi connectivity index (χ4n) is 2.08. The number of oxime groups is 1. The van der Waals surface area contributed by atoms with Gasteiger partial charge in [-0.1, -0.05) is 24.2 Å². The van der Waals surface area contributed by atoms with Crippen LogP contribution in [-0.4, -0.2) is 36.1 Å². The van der Waals surface area contributed by atoms with Crippen molar-refractivity contribution in [1.82, 2.24) is 4.90 Å². The average molecular weight is 265 g/mol. The minimum absolute atomic E-state index is 0.252. The van der Waals surface area contributed by atoms with E-state index in [0.717, 1.165) is 18.7 Å². The van der Waals surface area contributed by atoms with Gasteiger partial charge in [-0.2, -0.15) is 0 Å². The van der Waals surface area contributed by atoms with Crippen molar-refractivity contribution in [2.45, 2.75) is 32.4 Å². The summed E-state index contributed by atoms with van der Waals surface area (Å²) in [6.07, 6.45) is 1.50. The Morgan fingerprint density at radius 2 is 2.26 bits per heavy atom. The number of rotatable bonds is 7. The summed E-state index contributed by atoms with van der Waals surface area (Å²) < 4.78 is 5.21. The van der Waals surface area contributed by atoms with Crippen LogP contribution < -0.4 is 10.5 Å². The first-order chi connectivity index (χ1) is 9.10. The minimum Gasteiger partial charge on any atom is -0.497 e. The summed E-state index contributed by atoms with van der Waals surface area (Å²) in [4.78, 5) is 2.20. The van der Waals surface area contributed by atoms with Crippen molar-refractivity contribution in [2.75, 3.05) is 14.2 Å². The van der Waals surface area contributed by atoms with Crippen LogP contribution in [0.15, 0.2) is 29.4 Å². The second-order valence-corrected chi connectivity index (χ2v) is 4.62. The normalized spacial score (nSPS) is 13.6. The van der Waals surface area contributed by atoms with Gasteiger partial charge in [0.05, 0.1) is 7.11 Å². The smallest absolute Gasteiger partial charge is 0.140 e. The Kier molecular flexibility index (Phi) is 6.15. The van der Waals surface area contributed by atoms with Crippen molar-refractivity contribution in [3.05, 3.63) is 29.8 Å². The Hall–Kier alpha value is -1.75. The molecular weight excluding hydrogens is 242 g/mol. The highest BCUT2D eigenvalue weighted by Crippen LogP contribution is 2.16. The van der Waals surface area contributed by atoms with Crippen LogP contribution in [0.4, 0.5) is 0 Å². The third-order valence-corrected chi connectivity index (χ3v) is 3.23. The molecule has 0 spiro atoms. The maximum absolute atomic E-state index is 8.65. The lowest BCUT2D eigenvalue weighted by atomic mass is 10.1. The van der Waals surface area contributed by atoms with Gasteiger partial charge in [-0.3, -0.25) is 4.90 Å². The summed E-state index contributed by atoms with van der Waals surface area (Å²) in [7, 11) is 3.70. The van der Waals surface area contributed by atoms with Gasteiger partial charge in [-0.05, 0) is 31.2 Å². The number of hydrogen-bond acceptors (Lipinski definition) is 4. The van der Waals surface area contributed by atoms with Crippen LogP contribution in [0.5, 0.6) is 5.75 Å². The van der Waals surface area contributed by atoms with Crippen molar-refractivity contribution in [1.29, 1.82) is 0 Å². The lowest BCUT2D eigenvalue weighted by molar-refractivity contribution is 0.229. The molecule has 1 aromatic carbocycles. The summed E-state index contributed by atoms with van der Waals surface area (Å²) in [5.74, 6) is 1.12. The zero-order valence-corrected chi connectivity index (χ0v) is 11.8. The number of amidine groups is 1. The van der Waals surface area contributed by atoms with E-state index in [1.165, 1.54) is 5.56 Å². The maximum Gasteiger partial charge on any atom is 0.140 e. The Balaban J connectivity index is 2.67. The van der Waals surface area contributed by atoms with E-state index >= 15 is 0 Å². The highest BCUT2D eigenvalue weighted by atomic mass is 16.5. The first kappa shape index (κ1) is 15.3. The van der Waals surface area contributed by atoms with Crippen molar-refractivity contribution in [3.63, 3.8) is 0 Å². The van der Waals surface area contributed by atoms with Crippen LogP contribution in [0.2, 0.25) is 0 Å². The number of hydrogen-bond donors (Lipinski definition) is 2. The summed E-state index contributed by atoms with van der Waals surface area (Å²) in [6, 6.07) is 8.24. The van der Waals surface area contributed by atoms with Gasteiger partial charge in [0, 0.05) is 19.0 Å². The van der Waals surface area contributed by atoms with Gasteiger partial charge in [-0.15, -0.1) is 0 Å². The molecule has 1 unspecified atom stereocenters. The summed E-state index contributed by atoms with van der Waals surface area (Å²) in [5, 5.41) is 11.7. The molecule has 0 amide bonds. The van der Waals surface area contributed by atoms with Crippen molar-refractivity contribution in [3.8, 4) is 5.75 Å². The van der Waals surface area contributed by atoms with Gasteiger partial charge in [0.1, 0.15) is 11.6 Å². The predicted octanol–water partition coefficient (Wildman–Crippen LogP) is 2.04. The highest BCUT2D eigenvalue weighted by molar-refractivity contribution is 5.80. The lowest BCUT2D eigenvalue weighted by Gasteiger charge is -2.26. The Labute approximate surface area is 114 Å². The van der Waals surface area contributed by atoms with Crippen LogP contribution in [0.1, 0.15) is 25.3 Å². The van der Waals surface area contributed by atoms with Crippen LogP contribution >= 0.6 is 0 Å². The second kappa shape index (κ2) is 7.63. The Morgan fingerprint density at radius 3 is 2.84 bits per heavy atom. The highest BCUT2D eigenvalue weighted by Gasteiger charge is 2.15. The molecule has 0 aliphatic carbocycles. The number of nitrogens with zero attached hydrogens (tertiary/aromatic N) is 2. The van der Waals surface area contributed by atoms with E-state index in [2.05, 4.69) is 23.0 Å². The van der Waals surface area contributed by atoms with E-state index in [-0.39, 0.29) is 11.9 Å². The third-order valence-electron chi connectivity index (χ3n) is 3.23. The lowest BCUT2D eigenvalue weighted by Crippen LogP contribution is -2.34. The van der Waals surface area contributed by atoms with Gasteiger partial charge in [0.25, 0.3) is 0 Å². The molecule has 0 saturated carbocycles. The van der Waals surface area contributed by atoms with Gasteiger partial charge < -0.3 is 15.7 Å². The summed E-state index contributed by atoms with van der Waals surface area (Å²) >= 11 is 0. The van der Waals surface area contributed by atoms with Gasteiger partial charge in [0.15, 0.2) is 0 Å². The number of ether oxygens (including phenoxy) is 1. The predicted molar refractivity (Wildman–Crippen MR) is 76.6 cm³/mol. The fourth-order valence-corrected chi connectivity index (χ4v) is 2.08. The number of benzene rings is 1. The van der Waals surface area contributed by atoms with E-state index in [1.807, 2.05) is 25.2 Å². The van der Waals surface area contributed by atoms with Crippen molar-refractivity contribution in [2.24, 2.45) is 10.9 Å². The molecule has 1 atom stereocenters. The molecule has 106 valence electrons. The Morgan fingerprint density at radius 1 is 1.53 bits per heavy atom. The number of methoxy groups -OCH3 is 1. The van der Waals surface area contributed by atoms with E-state index in [1.54, 1.807) is 7.11 Å². The molecule has 0 saturated heterocycles. The monoisotopic (exact) mass is 265 g/mol. The standard InChI is InChI=1S/C14H23N3O2/c1-4-12(9-14(15)16-18)17(2)10-11-6-5-7-13(8-11)19-3/h5-8,12,18H,4,9-10H2,1-3H3,(H2,15,16). The fraction of sp³-hybridized carbons (Fsp3) is 0.500. The molecule has 0 aromatic heterocycles. The molecule has 5 heteroatoms. The van der Waals surface area contributed by atoms with Crippen molar-refractivity contribution < 1.29 is 9.94 Å². The molecule has 0 radical (unpaired) electrons. The molecule has 0 aliphatic rings. The van der Waals surface area contributed by atoms with Crippen LogP contribution in [-0.2, 0) is 6.54 Å². The minimum atomic E-state index is 0.252. The molecule has 0 fully saturated rings. The van der Waals surface area contributed by atoms with Crippen LogP contribution in [0.3, 0.4) is 0 Å². The van der Waals surface area contributed by atoms with E-state index in [0.29, 0.717) is 6.42 Å². The second-order valence-electron chi connectivity index (χ2n) is 4.62. The Bertz CT molecular complexity index is 421. The van der Waals surface area contributed by atoms with Gasteiger partial charge in [-0.25, -0.2) is 0 Å². The first-order valence-corrected chi connectivity index (χ1v) is 6.40.